The first-order valence-electron chi connectivity index (χ1n) is 4.77. The summed E-state index contributed by atoms with van der Waals surface area (Å²) < 4.78 is 3.83. The fraction of sp³-hybridized carbons (Fsp3) is 0.273. The maximum atomic E-state index is 11.0. The second kappa shape index (κ2) is 3.38. The zero-order chi connectivity index (χ0) is 11.0. The maximum Gasteiger partial charge on any atom is 0.245 e. The van der Waals surface area contributed by atoms with Gasteiger partial charge in [0.15, 0.2) is 0 Å². The quantitative estimate of drug-likeness (QED) is 0.628. The number of fused-ring (bicyclic) bond motifs is 1. The molecule has 1 amide bonds. The van der Waals surface area contributed by atoms with Gasteiger partial charge in [0.25, 0.3) is 0 Å². The summed E-state index contributed by atoms with van der Waals surface area (Å²) in [7, 11) is 3.81. The van der Waals surface area contributed by atoms with E-state index in [0.29, 0.717) is 5.62 Å². The van der Waals surface area contributed by atoms with Crippen LogP contribution in [-0.2, 0) is 18.9 Å². The highest BCUT2D eigenvalue weighted by molar-refractivity contribution is 5.77. The number of carbonyl (C=O) groups is 1. The molecule has 0 unspecified atom stereocenters. The van der Waals surface area contributed by atoms with Crippen LogP contribution in [0.1, 0.15) is 6.92 Å². The topological polar surface area (TPSA) is 39.3 Å². The Morgan fingerprint density at radius 3 is 2.00 bits per heavy atom. The molecule has 0 fully saturated rings. The van der Waals surface area contributed by atoms with E-state index < -0.39 is 0 Å². The Bertz CT molecular complexity index is 547. The normalized spacial score (nSPS) is 10.6. The second-order valence-corrected chi connectivity index (χ2v) is 3.54. The number of amides is 1. The fourth-order valence-electron chi connectivity index (χ4n) is 1.76. The van der Waals surface area contributed by atoms with Gasteiger partial charge in [0, 0.05) is 21.0 Å². The third-order valence-electron chi connectivity index (χ3n) is 2.46. The number of aryl methyl sites for hydroxylation is 2. The molecule has 0 aliphatic rings. The second-order valence-electron chi connectivity index (χ2n) is 3.54. The van der Waals surface area contributed by atoms with Crippen LogP contribution < -0.4 is 5.62 Å². The number of rotatable bonds is 0. The summed E-state index contributed by atoms with van der Waals surface area (Å²) >= 11 is 0. The lowest BCUT2D eigenvalue weighted by molar-refractivity contribution is -0.116. The number of benzene rings is 1. The van der Waals surface area contributed by atoms with Gasteiger partial charge in [-0.05, 0) is 12.1 Å². The predicted molar refractivity (Wildman–Crippen MR) is 58.1 cm³/mol. The van der Waals surface area contributed by atoms with Gasteiger partial charge in [0.2, 0.25) is 11.5 Å². The number of para-hydroxylation sites is 2. The standard InChI is InChI=1S/C11H13N3O/c1-8(15)12-11-13(2)9-6-4-5-7-10(9)14(11)3/h4-7H,1-3H3. The van der Waals surface area contributed by atoms with E-state index in [2.05, 4.69) is 4.99 Å². The lowest BCUT2D eigenvalue weighted by Crippen LogP contribution is -2.23. The number of hydrogen-bond acceptors (Lipinski definition) is 1. The van der Waals surface area contributed by atoms with E-state index in [9.17, 15) is 4.79 Å². The van der Waals surface area contributed by atoms with Crippen molar-refractivity contribution in [3.05, 3.63) is 29.9 Å². The van der Waals surface area contributed by atoms with Crippen LogP contribution in [0.4, 0.5) is 0 Å². The minimum Gasteiger partial charge on any atom is -0.313 e. The van der Waals surface area contributed by atoms with Gasteiger partial charge in [-0.25, -0.2) is 0 Å². The first-order valence-corrected chi connectivity index (χ1v) is 4.77. The van der Waals surface area contributed by atoms with Crippen LogP contribution in [0.15, 0.2) is 29.3 Å². The monoisotopic (exact) mass is 203 g/mol. The van der Waals surface area contributed by atoms with Gasteiger partial charge in [0.05, 0.1) is 11.0 Å². The van der Waals surface area contributed by atoms with Crippen molar-refractivity contribution in [1.82, 2.24) is 9.13 Å². The molecule has 1 aromatic carbocycles. The molecule has 4 heteroatoms. The number of nitrogens with zero attached hydrogens (tertiary/aromatic N) is 3. The fourth-order valence-corrected chi connectivity index (χ4v) is 1.76. The zero-order valence-electron chi connectivity index (χ0n) is 9.06. The van der Waals surface area contributed by atoms with Crippen LogP contribution >= 0.6 is 0 Å². The van der Waals surface area contributed by atoms with Crippen LogP contribution in [0.2, 0.25) is 0 Å². The molecular weight excluding hydrogens is 190 g/mol. The lowest BCUT2D eigenvalue weighted by Gasteiger charge is -1.92. The Labute approximate surface area is 87.5 Å². The SMILES string of the molecule is CC(=O)N=c1n(C)c2ccccc2n1C. The van der Waals surface area contributed by atoms with Crippen molar-refractivity contribution >= 4 is 16.9 Å². The van der Waals surface area contributed by atoms with Gasteiger partial charge in [0.1, 0.15) is 0 Å². The molecule has 0 bridgehead atoms. The first kappa shape index (κ1) is 9.71. The summed E-state index contributed by atoms with van der Waals surface area (Å²) in [6, 6.07) is 7.96. The number of imidazole rings is 1. The summed E-state index contributed by atoms with van der Waals surface area (Å²) in [5.41, 5.74) is 2.81. The largest absolute Gasteiger partial charge is 0.313 e. The van der Waals surface area contributed by atoms with E-state index in [4.69, 9.17) is 0 Å². The number of aromatic nitrogens is 2. The van der Waals surface area contributed by atoms with Gasteiger partial charge >= 0.3 is 0 Å². The molecular formula is C11H13N3O. The van der Waals surface area contributed by atoms with Crippen molar-refractivity contribution in [1.29, 1.82) is 0 Å². The van der Waals surface area contributed by atoms with Gasteiger partial charge in [-0.2, -0.15) is 4.99 Å². The molecule has 15 heavy (non-hydrogen) atoms. The first-order chi connectivity index (χ1) is 7.11. The minimum absolute atomic E-state index is 0.184. The van der Waals surface area contributed by atoms with Crippen LogP contribution in [0.25, 0.3) is 11.0 Å². The predicted octanol–water partition coefficient (Wildman–Crippen LogP) is 0.964. The molecule has 2 rings (SSSR count). The van der Waals surface area contributed by atoms with Crippen molar-refractivity contribution in [2.75, 3.05) is 0 Å². The molecule has 2 aromatic rings. The molecule has 0 radical (unpaired) electrons. The van der Waals surface area contributed by atoms with Gasteiger partial charge in [-0.3, -0.25) is 4.79 Å². The Morgan fingerprint density at radius 1 is 1.13 bits per heavy atom. The van der Waals surface area contributed by atoms with Crippen LogP contribution in [0.5, 0.6) is 0 Å². The molecule has 1 heterocycles. The summed E-state index contributed by atoms with van der Waals surface area (Å²) in [5.74, 6) is -0.184. The average molecular weight is 203 g/mol. The van der Waals surface area contributed by atoms with E-state index in [1.54, 1.807) is 0 Å². The van der Waals surface area contributed by atoms with Crippen LogP contribution in [0.3, 0.4) is 0 Å². The van der Waals surface area contributed by atoms with Crippen molar-refractivity contribution in [2.24, 2.45) is 19.1 Å². The third kappa shape index (κ3) is 1.48. The smallest absolute Gasteiger partial charge is 0.245 e. The molecule has 78 valence electrons. The molecule has 0 aliphatic heterocycles. The van der Waals surface area contributed by atoms with Crippen molar-refractivity contribution in [3.63, 3.8) is 0 Å². The Morgan fingerprint density at radius 2 is 1.60 bits per heavy atom. The summed E-state index contributed by atoms with van der Waals surface area (Å²) in [4.78, 5) is 15.0. The lowest BCUT2D eigenvalue weighted by atomic mass is 10.3. The zero-order valence-corrected chi connectivity index (χ0v) is 9.06. The number of hydrogen-bond donors (Lipinski definition) is 0. The minimum atomic E-state index is -0.184. The van der Waals surface area contributed by atoms with E-state index in [-0.39, 0.29) is 5.91 Å². The highest BCUT2D eigenvalue weighted by atomic mass is 16.1. The Kier molecular flexibility index (Phi) is 2.19. The van der Waals surface area contributed by atoms with E-state index in [1.165, 1.54) is 6.92 Å². The molecule has 4 nitrogen and oxygen atoms in total. The summed E-state index contributed by atoms with van der Waals surface area (Å²) in [6.45, 7) is 1.46. The molecule has 0 saturated carbocycles. The van der Waals surface area contributed by atoms with Crippen LogP contribution in [-0.4, -0.2) is 15.0 Å². The molecule has 0 aliphatic carbocycles. The molecule has 0 saturated heterocycles. The molecule has 0 atom stereocenters. The number of carbonyl (C=O) groups excluding carboxylic acids is 1. The van der Waals surface area contributed by atoms with E-state index >= 15 is 0 Å². The van der Waals surface area contributed by atoms with Crippen molar-refractivity contribution in [2.45, 2.75) is 6.92 Å². The molecule has 0 N–H and O–H groups in total. The van der Waals surface area contributed by atoms with Gasteiger partial charge < -0.3 is 9.13 Å². The average Bonchev–Trinajstić information content (AvgIpc) is 2.44. The van der Waals surface area contributed by atoms with Gasteiger partial charge in [-0.15, -0.1) is 0 Å². The third-order valence-corrected chi connectivity index (χ3v) is 2.46. The highest BCUT2D eigenvalue weighted by Gasteiger charge is 2.04. The Hall–Kier alpha value is -1.84. The van der Waals surface area contributed by atoms with Crippen molar-refractivity contribution < 1.29 is 4.79 Å². The maximum absolute atomic E-state index is 11.0. The molecule has 1 aromatic heterocycles. The van der Waals surface area contributed by atoms with Gasteiger partial charge in [-0.1, -0.05) is 12.1 Å². The van der Waals surface area contributed by atoms with Crippen molar-refractivity contribution in [3.8, 4) is 0 Å². The van der Waals surface area contributed by atoms with E-state index in [1.807, 2.05) is 47.5 Å². The van der Waals surface area contributed by atoms with E-state index in [0.717, 1.165) is 11.0 Å². The Balaban J connectivity index is 2.93. The highest BCUT2D eigenvalue weighted by Crippen LogP contribution is 2.09. The summed E-state index contributed by atoms with van der Waals surface area (Å²) in [6.07, 6.45) is 0. The van der Waals surface area contributed by atoms with Crippen LogP contribution in [0, 0.1) is 0 Å². The summed E-state index contributed by atoms with van der Waals surface area (Å²) in [5, 5.41) is 0. The molecule has 0 spiro atoms.